The normalized spacial score (nSPS) is 16.2. The molecule has 0 radical (unpaired) electrons. The van der Waals surface area contributed by atoms with Crippen LogP contribution in [0.3, 0.4) is 0 Å². The smallest absolute Gasteiger partial charge is 0.341 e. The molecular formula is C23H22N2O5S. The molecule has 1 N–H and O–H groups in total. The SMILES string of the molecule is CCCN1C(=O)/C(=C/c2ccc(OCC(=O)O)cc2)SC1=Nc1cccc(C(C)=O)c1. The fraction of sp³-hybridized carbons (Fsp3) is 0.217. The van der Waals surface area contributed by atoms with Gasteiger partial charge in [0.05, 0.1) is 10.6 Å². The molecule has 7 nitrogen and oxygen atoms in total. The van der Waals surface area contributed by atoms with Gasteiger partial charge in [0, 0.05) is 12.1 Å². The molecule has 1 fully saturated rings. The number of rotatable bonds is 8. The van der Waals surface area contributed by atoms with Crippen LogP contribution in [0.5, 0.6) is 5.75 Å². The van der Waals surface area contributed by atoms with Crippen molar-refractivity contribution >= 4 is 46.4 Å². The van der Waals surface area contributed by atoms with Crippen LogP contribution in [-0.4, -0.2) is 46.0 Å². The number of carboxylic acid groups (broad SMARTS) is 1. The molecule has 2 aromatic rings. The predicted molar refractivity (Wildman–Crippen MR) is 121 cm³/mol. The van der Waals surface area contributed by atoms with Crippen LogP contribution >= 0.6 is 11.8 Å². The highest BCUT2D eigenvalue weighted by Crippen LogP contribution is 2.34. The average molecular weight is 439 g/mol. The van der Waals surface area contributed by atoms with Crippen molar-refractivity contribution in [3.63, 3.8) is 0 Å². The molecule has 1 heterocycles. The van der Waals surface area contributed by atoms with Gasteiger partial charge in [0.1, 0.15) is 5.75 Å². The second kappa shape index (κ2) is 10.1. The van der Waals surface area contributed by atoms with Crippen LogP contribution < -0.4 is 4.74 Å². The van der Waals surface area contributed by atoms with Crippen molar-refractivity contribution in [1.29, 1.82) is 0 Å². The van der Waals surface area contributed by atoms with Gasteiger partial charge < -0.3 is 9.84 Å². The second-order valence-corrected chi connectivity index (χ2v) is 7.83. The minimum atomic E-state index is -1.05. The van der Waals surface area contributed by atoms with Crippen molar-refractivity contribution in [3.8, 4) is 5.75 Å². The Kier molecular flexibility index (Phi) is 7.25. The molecule has 1 aliphatic heterocycles. The van der Waals surface area contributed by atoms with Gasteiger partial charge in [-0.3, -0.25) is 14.5 Å². The third-order valence-electron chi connectivity index (χ3n) is 4.35. The number of ether oxygens (including phenoxy) is 1. The molecule has 1 saturated heterocycles. The van der Waals surface area contributed by atoms with Crippen molar-refractivity contribution in [2.75, 3.05) is 13.2 Å². The van der Waals surface area contributed by atoms with Crippen LogP contribution in [0.4, 0.5) is 5.69 Å². The van der Waals surface area contributed by atoms with E-state index in [1.165, 1.54) is 18.7 Å². The largest absolute Gasteiger partial charge is 0.482 e. The Balaban J connectivity index is 1.84. The highest BCUT2D eigenvalue weighted by Gasteiger charge is 2.32. The fourth-order valence-electron chi connectivity index (χ4n) is 2.87. The third-order valence-corrected chi connectivity index (χ3v) is 5.36. The van der Waals surface area contributed by atoms with Gasteiger partial charge in [-0.2, -0.15) is 0 Å². The quantitative estimate of drug-likeness (QED) is 0.486. The average Bonchev–Trinajstić information content (AvgIpc) is 3.02. The third kappa shape index (κ3) is 5.82. The maximum absolute atomic E-state index is 12.9. The van der Waals surface area contributed by atoms with Gasteiger partial charge >= 0.3 is 5.97 Å². The van der Waals surface area contributed by atoms with Crippen LogP contribution in [0.15, 0.2) is 58.4 Å². The van der Waals surface area contributed by atoms with Gasteiger partial charge in [-0.25, -0.2) is 9.79 Å². The monoisotopic (exact) mass is 438 g/mol. The maximum Gasteiger partial charge on any atom is 0.341 e. The molecule has 8 heteroatoms. The number of hydrogen-bond donors (Lipinski definition) is 1. The Morgan fingerprint density at radius 1 is 1.19 bits per heavy atom. The Morgan fingerprint density at radius 2 is 1.94 bits per heavy atom. The summed E-state index contributed by atoms with van der Waals surface area (Å²) in [7, 11) is 0. The number of hydrogen-bond acceptors (Lipinski definition) is 6. The van der Waals surface area contributed by atoms with Crippen LogP contribution in [0, 0.1) is 0 Å². The number of carbonyl (C=O) groups is 3. The number of aliphatic imine (C=N–C) groups is 1. The van der Waals surface area contributed by atoms with Crippen LogP contribution in [-0.2, 0) is 9.59 Å². The summed E-state index contributed by atoms with van der Waals surface area (Å²) < 4.78 is 5.13. The molecule has 0 unspecified atom stereocenters. The number of thioether (sulfide) groups is 1. The number of carboxylic acids is 1. The molecule has 0 aromatic heterocycles. The minimum absolute atomic E-state index is 0.0426. The summed E-state index contributed by atoms with van der Waals surface area (Å²) >= 11 is 1.28. The number of ketones is 1. The molecule has 3 rings (SSSR count). The van der Waals surface area contributed by atoms with Gasteiger partial charge in [-0.15, -0.1) is 0 Å². The van der Waals surface area contributed by atoms with E-state index in [2.05, 4.69) is 4.99 Å². The highest BCUT2D eigenvalue weighted by atomic mass is 32.2. The van der Waals surface area contributed by atoms with Crippen molar-refractivity contribution in [1.82, 2.24) is 4.90 Å². The number of amides is 1. The minimum Gasteiger partial charge on any atom is -0.482 e. The maximum atomic E-state index is 12.9. The van der Waals surface area contributed by atoms with E-state index in [1.54, 1.807) is 59.5 Å². The lowest BCUT2D eigenvalue weighted by Crippen LogP contribution is -2.29. The Labute approximate surface area is 184 Å². The Hall–Kier alpha value is -3.39. The number of carbonyl (C=O) groups excluding carboxylic acids is 2. The van der Waals surface area contributed by atoms with E-state index in [0.29, 0.717) is 33.6 Å². The molecule has 160 valence electrons. The van der Waals surface area contributed by atoms with Gasteiger partial charge in [0.25, 0.3) is 5.91 Å². The summed E-state index contributed by atoms with van der Waals surface area (Å²) in [6.07, 6.45) is 2.55. The van der Waals surface area contributed by atoms with Gasteiger partial charge in [0.2, 0.25) is 0 Å². The van der Waals surface area contributed by atoms with E-state index >= 15 is 0 Å². The number of Topliss-reactive ketones (excluding diaryl/α,β-unsaturated/α-hetero) is 1. The zero-order valence-corrected chi connectivity index (χ0v) is 18.0. The summed E-state index contributed by atoms with van der Waals surface area (Å²) in [4.78, 5) is 42.0. The lowest BCUT2D eigenvalue weighted by molar-refractivity contribution is -0.139. The second-order valence-electron chi connectivity index (χ2n) is 6.82. The van der Waals surface area contributed by atoms with E-state index < -0.39 is 12.6 Å². The summed E-state index contributed by atoms with van der Waals surface area (Å²) in [5.74, 6) is -0.774. The van der Waals surface area contributed by atoms with E-state index in [9.17, 15) is 14.4 Å². The van der Waals surface area contributed by atoms with Gasteiger partial charge in [-0.05, 0) is 61.0 Å². The number of nitrogens with zero attached hydrogens (tertiary/aromatic N) is 2. The summed E-state index contributed by atoms with van der Waals surface area (Å²) in [5.41, 5.74) is 1.97. The number of aliphatic carboxylic acids is 1. The summed E-state index contributed by atoms with van der Waals surface area (Å²) in [6.45, 7) is 3.62. The topological polar surface area (TPSA) is 96.3 Å². The van der Waals surface area contributed by atoms with Crippen molar-refractivity contribution in [2.45, 2.75) is 20.3 Å². The van der Waals surface area contributed by atoms with E-state index in [4.69, 9.17) is 9.84 Å². The van der Waals surface area contributed by atoms with Gasteiger partial charge in [-0.1, -0.05) is 31.2 Å². The highest BCUT2D eigenvalue weighted by molar-refractivity contribution is 8.18. The van der Waals surface area contributed by atoms with E-state index in [1.807, 2.05) is 6.92 Å². The molecule has 0 atom stereocenters. The lowest BCUT2D eigenvalue weighted by atomic mass is 10.1. The standard InChI is InChI=1S/C23H22N2O5S/c1-3-11-25-22(29)20(12-16-7-9-19(10-8-16)30-14-21(27)28)31-23(25)24-18-6-4-5-17(13-18)15(2)26/h4-10,12-13H,3,11,14H2,1-2H3,(H,27,28)/b20-12-,24-23?. The molecule has 1 amide bonds. The van der Waals surface area contributed by atoms with Gasteiger partial charge in [0.15, 0.2) is 17.6 Å². The van der Waals surface area contributed by atoms with E-state index in [-0.39, 0.29) is 11.7 Å². The fourth-order valence-corrected chi connectivity index (χ4v) is 3.90. The summed E-state index contributed by atoms with van der Waals surface area (Å²) in [5, 5.41) is 9.25. The zero-order valence-electron chi connectivity index (χ0n) is 17.2. The van der Waals surface area contributed by atoms with Crippen molar-refractivity contribution in [3.05, 3.63) is 64.6 Å². The zero-order chi connectivity index (χ0) is 22.4. The lowest BCUT2D eigenvalue weighted by Gasteiger charge is -2.14. The molecule has 0 bridgehead atoms. The first-order valence-electron chi connectivity index (χ1n) is 9.73. The summed E-state index contributed by atoms with van der Waals surface area (Å²) in [6, 6.07) is 13.8. The first kappa shape index (κ1) is 22.3. The number of benzene rings is 2. The molecular weight excluding hydrogens is 416 g/mol. The first-order valence-corrected chi connectivity index (χ1v) is 10.5. The van der Waals surface area contributed by atoms with E-state index in [0.717, 1.165) is 12.0 Å². The molecule has 31 heavy (non-hydrogen) atoms. The molecule has 1 aliphatic rings. The number of amidine groups is 1. The first-order chi connectivity index (χ1) is 14.9. The Bertz CT molecular complexity index is 1060. The van der Waals surface area contributed by atoms with Crippen LogP contribution in [0.25, 0.3) is 6.08 Å². The van der Waals surface area contributed by atoms with Crippen LogP contribution in [0.2, 0.25) is 0 Å². The Morgan fingerprint density at radius 3 is 2.58 bits per heavy atom. The molecule has 0 spiro atoms. The predicted octanol–water partition coefficient (Wildman–Crippen LogP) is 4.37. The molecule has 0 saturated carbocycles. The van der Waals surface area contributed by atoms with Crippen LogP contribution in [0.1, 0.15) is 36.2 Å². The van der Waals surface area contributed by atoms with Crippen molar-refractivity contribution < 1.29 is 24.2 Å². The van der Waals surface area contributed by atoms with Crippen molar-refractivity contribution in [2.24, 2.45) is 4.99 Å². The molecule has 2 aromatic carbocycles. The molecule has 0 aliphatic carbocycles.